The topological polar surface area (TPSA) is 41.5 Å². The number of benzene rings is 2. The highest BCUT2D eigenvalue weighted by atomic mass is 32.2. The summed E-state index contributed by atoms with van der Waals surface area (Å²) in [6, 6.07) is 19.4. The van der Waals surface area contributed by atoms with Gasteiger partial charge in [0.15, 0.2) is 5.17 Å². The van der Waals surface area contributed by atoms with E-state index in [4.69, 9.17) is 0 Å². The maximum absolute atomic E-state index is 12.0. The first-order valence-electron chi connectivity index (χ1n) is 5.99. The summed E-state index contributed by atoms with van der Waals surface area (Å²) < 4.78 is 0. The molecule has 0 bridgehead atoms. The molecule has 19 heavy (non-hydrogen) atoms. The summed E-state index contributed by atoms with van der Waals surface area (Å²) in [5, 5.41) is 3.28. The molecule has 1 fully saturated rings. The van der Waals surface area contributed by atoms with Gasteiger partial charge in [-0.1, -0.05) is 60.3 Å². The van der Waals surface area contributed by atoms with Crippen LogP contribution in [0.15, 0.2) is 65.7 Å². The van der Waals surface area contributed by atoms with Gasteiger partial charge in [-0.25, -0.2) is 4.99 Å². The zero-order chi connectivity index (χ0) is 13.1. The number of rotatable bonds is 2. The molecule has 0 aliphatic carbocycles. The van der Waals surface area contributed by atoms with Crippen LogP contribution in [0.3, 0.4) is 0 Å². The molecule has 1 aliphatic rings. The summed E-state index contributed by atoms with van der Waals surface area (Å²) in [6.07, 6.45) is 0. The Hall–Kier alpha value is -2.07. The first-order valence-corrected chi connectivity index (χ1v) is 6.87. The van der Waals surface area contributed by atoms with E-state index in [2.05, 4.69) is 10.3 Å². The lowest BCUT2D eigenvalue weighted by Crippen LogP contribution is -2.21. The number of aliphatic imine (C=N–C) groups is 1. The third kappa shape index (κ3) is 2.69. The molecule has 3 nitrogen and oxygen atoms in total. The third-order valence-corrected chi connectivity index (χ3v) is 3.93. The van der Waals surface area contributed by atoms with Crippen LogP contribution in [0.4, 0.5) is 5.69 Å². The number of carbonyl (C=O) groups is 1. The number of hydrogen-bond donors (Lipinski definition) is 1. The highest BCUT2D eigenvalue weighted by Crippen LogP contribution is 2.35. The van der Waals surface area contributed by atoms with Crippen molar-refractivity contribution in [1.82, 2.24) is 5.32 Å². The quantitative estimate of drug-likeness (QED) is 0.908. The van der Waals surface area contributed by atoms with Gasteiger partial charge in [0.1, 0.15) is 5.25 Å². The van der Waals surface area contributed by atoms with E-state index in [0.717, 1.165) is 11.3 Å². The van der Waals surface area contributed by atoms with Gasteiger partial charge in [0, 0.05) is 0 Å². The van der Waals surface area contributed by atoms with Crippen LogP contribution in [0.1, 0.15) is 10.8 Å². The summed E-state index contributed by atoms with van der Waals surface area (Å²) in [5.41, 5.74) is 1.85. The number of thioether (sulfide) groups is 1. The van der Waals surface area contributed by atoms with Crippen LogP contribution in [0.2, 0.25) is 0 Å². The molecule has 2 aromatic carbocycles. The lowest BCUT2D eigenvalue weighted by molar-refractivity contribution is -0.118. The van der Waals surface area contributed by atoms with Gasteiger partial charge < -0.3 is 5.32 Å². The molecule has 4 heteroatoms. The van der Waals surface area contributed by atoms with Gasteiger partial charge in [-0.3, -0.25) is 4.79 Å². The van der Waals surface area contributed by atoms with Crippen molar-refractivity contribution in [3.8, 4) is 0 Å². The van der Waals surface area contributed by atoms with E-state index in [1.807, 2.05) is 60.7 Å². The molecule has 0 aromatic heterocycles. The minimum atomic E-state index is -0.205. The molecular weight excluding hydrogens is 256 g/mol. The van der Waals surface area contributed by atoms with E-state index in [1.54, 1.807) is 0 Å². The Morgan fingerprint density at radius 2 is 1.58 bits per heavy atom. The zero-order valence-electron chi connectivity index (χ0n) is 10.1. The lowest BCUT2D eigenvalue weighted by atomic mass is 10.1. The summed E-state index contributed by atoms with van der Waals surface area (Å²) in [5.74, 6) is -0.00844. The average molecular weight is 268 g/mol. The van der Waals surface area contributed by atoms with Gasteiger partial charge in [-0.2, -0.15) is 0 Å². The normalized spacial score (nSPS) is 20.5. The molecule has 3 rings (SSSR count). The number of carbonyl (C=O) groups excluding carboxylic acids is 1. The molecule has 94 valence electrons. The molecule has 2 aromatic rings. The second kappa shape index (κ2) is 5.28. The van der Waals surface area contributed by atoms with Crippen LogP contribution >= 0.6 is 11.8 Å². The van der Waals surface area contributed by atoms with Crippen LogP contribution < -0.4 is 5.32 Å². The van der Waals surface area contributed by atoms with Crippen molar-refractivity contribution >= 4 is 28.5 Å². The Balaban J connectivity index is 1.83. The molecule has 0 saturated carbocycles. The van der Waals surface area contributed by atoms with Gasteiger partial charge in [0.05, 0.1) is 5.69 Å². The van der Waals surface area contributed by atoms with E-state index in [9.17, 15) is 4.79 Å². The molecule has 1 atom stereocenters. The molecule has 0 spiro atoms. The van der Waals surface area contributed by atoms with Crippen LogP contribution in [0.25, 0.3) is 0 Å². The number of para-hydroxylation sites is 1. The first kappa shape index (κ1) is 12.0. The van der Waals surface area contributed by atoms with Crippen LogP contribution in [0, 0.1) is 0 Å². The fourth-order valence-corrected chi connectivity index (χ4v) is 2.89. The number of nitrogens with one attached hydrogen (secondary N) is 1. The smallest absolute Gasteiger partial charge is 0.244 e. The fourth-order valence-electron chi connectivity index (χ4n) is 1.89. The fraction of sp³-hybridized carbons (Fsp3) is 0.0667. The maximum atomic E-state index is 12.0. The van der Waals surface area contributed by atoms with E-state index in [-0.39, 0.29) is 11.2 Å². The molecule has 1 saturated heterocycles. The minimum absolute atomic E-state index is 0.00844. The largest absolute Gasteiger partial charge is 0.304 e. The summed E-state index contributed by atoms with van der Waals surface area (Å²) in [6.45, 7) is 0. The van der Waals surface area contributed by atoms with Gasteiger partial charge in [-0.15, -0.1) is 0 Å². The molecule has 1 heterocycles. The lowest BCUT2D eigenvalue weighted by Gasteiger charge is -2.03. The van der Waals surface area contributed by atoms with Crippen molar-refractivity contribution in [2.24, 2.45) is 4.99 Å². The SMILES string of the molecule is O=C1NC(=Nc2ccccc2)SC1c1ccccc1. The molecular formula is C15H12N2OS. The second-order valence-corrected chi connectivity index (χ2v) is 5.24. The van der Waals surface area contributed by atoms with Crippen LogP contribution in [-0.4, -0.2) is 11.1 Å². The average Bonchev–Trinajstić information content (AvgIpc) is 2.82. The van der Waals surface area contributed by atoms with Crippen molar-refractivity contribution in [2.75, 3.05) is 0 Å². The van der Waals surface area contributed by atoms with E-state index in [1.165, 1.54) is 11.8 Å². The van der Waals surface area contributed by atoms with Crippen molar-refractivity contribution in [3.05, 3.63) is 66.2 Å². The summed E-state index contributed by atoms with van der Waals surface area (Å²) in [7, 11) is 0. The standard InChI is InChI=1S/C15H12N2OS/c18-14-13(11-7-3-1-4-8-11)19-15(17-14)16-12-9-5-2-6-10-12/h1-10,13H,(H,16,17,18). The number of amidine groups is 1. The molecule has 0 radical (unpaired) electrons. The Labute approximate surface area is 115 Å². The number of amides is 1. The van der Waals surface area contributed by atoms with E-state index < -0.39 is 0 Å². The Morgan fingerprint density at radius 3 is 2.26 bits per heavy atom. The predicted octanol–water partition coefficient (Wildman–Crippen LogP) is 3.28. The van der Waals surface area contributed by atoms with Gasteiger partial charge in [-0.05, 0) is 17.7 Å². The van der Waals surface area contributed by atoms with Crippen LogP contribution in [0.5, 0.6) is 0 Å². The van der Waals surface area contributed by atoms with E-state index >= 15 is 0 Å². The van der Waals surface area contributed by atoms with Crippen molar-refractivity contribution < 1.29 is 4.79 Å². The first-order chi connectivity index (χ1) is 9.33. The maximum Gasteiger partial charge on any atom is 0.244 e. The molecule has 1 aliphatic heterocycles. The minimum Gasteiger partial charge on any atom is -0.304 e. The monoisotopic (exact) mass is 268 g/mol. The summed E-state index contributed by atoms with van der Waals surface area (Å²) >= 11 is 1.46. The summed E-state index contributed by atoms with van der Waals surface area (Å²) in [4.78, 5) is 16.4. The van der Waals surface area contributed by atoms with Crippen molar-refractivity contribution in [1.29, 1.82) is 0 Å². The second-order valence-electron chi connectivity index (χ2n) is 4.15. The number of nitrogens with zero attached hydrogens (tertiary/aromatic N) is 1. The van der Waals surface area contributed by atoms with Crippen molar-refractivity contribution in [2.45, 2.75) is 5.25 Å². The van der Waals surface area contributed by atoms with Gasteiger partial charge >= 0.3 is 0 Å². The highest BCUT2D eigenvalue weighted by molar-refractivity contribution is 8.15. The van der Waals surface area contributed by atoms with Gasteiger partial charge in [0.2, 0.25) is 5.91 Å². The molecule has 1 amide bonds. The molecule has 1 unspecified atom stereocenters. The predicted molar refractivity (Wildman–Crippen MR) is 78.5 cm³/mol. The van der Waals surface area contributed by atoms with Gasteiger partial charge in [0.25, 0.3) is 0 Å². The highest BCUT2D eigenvalue weighted by Gasteiger charge is 2.31. The van der Waals surface area contributed by atoms with Crippen LogP contribution in [-0.2, 0) is 4.79 Å². The Bertz CT molecular complexity index is 611. The zero-order valence-corrected chi connectivity index (χ0v) is 10.9. The molecule has 1 N–H and O–H groups in total. The Morgan fingerprint density at radius 1 is 0.947 bits per heavy atom. The third-order valence-electron chi connectivity index (χ3n) is 2.79. The van der Waals surface area contributed by atoms with E-state index in [0.29, 0.717) is 5.17 Å². The number of hydrogen-bond acceptors (Lipinski definition) is 3. The van der Waals surface area contributed by atoms with Crippen molar-refractivity contribution in [3.63, 3.8) is 0 Å². The Kier molecular flexibility index (Phi) is 3.33.